The highest BCUT2D eigenvalue weighted by molar-refractivity contribution is 5.57. The van der Waals surface area contributed by atoms with E-state index in [1.165, 1.54) is 0 Å². The van der Waals surface area contributed by atoms with Crippen molar-refractivity contribution >= 4 is 6.29 Å². The molecule has 0 rings (SSSR count). The lowest BCUT2D eigenvalue weighted by Gasteiger charge is -2.20. The van der Waals surface area contributed by atoms with E-state index in [4.69, 9.17) is 20.4 Å². The van der Waals surface area contributed by atoms with Crippen LogP contribution in [0.5, 0.6) is 0 Å². The van der Waals surface area contributed by atoms with Gasteiger partial charge in [-0.1, -0.05) is 20.8 Å². The predicted octanol–water partition coefficient (Wildman–Crippen LogP) is -0.827. The number of rotatable bonds is 5. The highest BCUT2D eigenvalue weighted by atomic mass is 16.3. The fourth-order valence-corrected chi connectivity index (χ4v) is 0.187. The van der Waals surface area contributed by atoms with Crippen LogP contribution in [0.3, 0.4) is 0 Å². The fourth-order valence-electron chi connectivity index (χ4n) is 0.187. The molecule has 0 aromatic rings. The minimum absolute atomic E-state index is 0.0729. The monoisotopic (exact) mass is 222 g/mol. The standard InChI is InChI=1S/C5H12O3.C5H10O2/c1-5(2-6,3-7)4-8;1-5(2,3-6)4-7/h6-8H,2-4H2,1H3;3,7H,4H2,1-2H3. The van der Waals surface area contributed by atoms with Crippen molar-refractivity contribution in [3.05, 3.63) is 0 Å². The Morgan fingerprint density at radius 1 is 0.867 bits per heavy atom. The molecule has 0 heterocycles. The van der Waals surface area contributed by atoms with E-state index in [9.17, 15) is 4.79 Å². The Morgan fingerprint density at radius 3 is 1.20 bits per heavy atom. The maximum Gasteiger partial charge on any atom is 0.127 e. The van der Waals surface area contributed by atoms with Crippen LogP contribution in [0.4, 0.5) is 0 Å². The SMILES string of the molecule is CC(C)(C=O)CO.CC(CO)(CO)CO. The van der Waals surface area contributed by atoms with Crippen molar-refractivity contribution in [3.8, 4) is 0 Å². The quantitative estimate of drug-likeness (QED) is 0.455. The first kappa shape index (κ1) is 16.9. The van der Waals surface area contributed by atoms with Gasteiger partial charge in [0.1, 0.15) is 6.29 Å². The Labute approximate surface area is 90.4 Å². The lowest BCUT2D eigenvalue weighted by atomic mass is 9.95. The van der Waals surface area contributed by atoms with E-state index in [1.54, 1.807) is 20.8 Å². The molecule has 0 aliphatic rings. The van der Waals surface area contributed by atoms with E-state index in [0.717, 1.165) is 6.29 Å². The third-order valence-electron chi connectivity index (χ3n) is 1.87. The van der Waals surface area contributed by atoms with Gasteiger partial charge in [0.2, 0.25) is 0 Å². The number of hydrogen-bond donors (Lipinski definition) is 4. The van der Waals surface area contributed by atoms with E-state index in [-0.39, 0.29) is 26.4 Å². The first-order valence-electron chi connectivity index (χ1n) is 4.70. The van der Waals surface area contributed by atoms with Crippen molar-refractivity contribution < 1.29 is 25.2 Å². The summed E-state index contributed by atoms with van der Waals surface area (Å²) in [6.07, 6.45) is 0.743. The van der Waals surface area contributed by atoms with Crippen LogP contribution in [0.25, 0.3) is 0 Å². The van der Waals surface area contributed by atoms with Gasteiger partial charge in [-0.2, -0.15) is 0 Å². The summed E-state index contributed by atoms with van der Waals surface area (Å²) in [6.45, 7) is 4.35. The molecule has 5 heteroatoms. The molecule has 5 nitrogen and oxygen atoms in total. The minimum atomic E-state index is -0.708. The Morgan fingerprint density at radius 2 is 1.20 bits per heavy atom. The summed E-state index contributed by atoms with van der Waals surface area (Å²) in [6, 6.07) is 0. The average molecular weight is 222 g/mol. The smallest absolute Gasteiger partial charge is 0.127 e. The third-order valence-corrected chi connectivity index (χ3v) is 1.87. The Kier molecular flexibility index (Phi) is 8.75. The number of hydrogen-bond acceptors (Lipinski definition) is 5. The molecule has 0 unspecified atom stereocenters. The number of aldehydes is 1. The zero-order chi connectivity index (χ0) is 12.5. The van der Waals surface area contributed by atoms with Crippen molar-refractivity contribution in [2.75, 3.05) is 26.4 Å². The average Bonchev–Trinajstić information content (AvgIpc) is 2.29. The molecule has 0 saturated heterocycles. The molecule has 4 N–H and O–H groups in total. The summed E-state index contributed by atoms with van der Waals surface area (Å²) in [5.41, 5.74) is -1.25. The van der Waals surface area contributed by atoms with E-state index >= 15 is 0 Å². The van der Waals surface area contributed by atoms with Gasteiger partial charge in [0.25, 0.3) is 0 Å². The van der Waals surface area contributed by atoms with E-state index in [2.05, 4.69) is 0 Å². The molecule has 15 heavy (non-hydrogen) atoms. The van der Waals surface area contributed by atoms with Crippen molar-refractivity contribution in [1.82, 2.24) is 0 Å². The van der Waals surface area contributed by atoms with E-state index in [1.807, 2.05) is 0 Å². The largest absolute Gasteiger partial charge is 0.396 e. The molecule has 0 saturated carbocycles. The molecule has 0 aromatic heterocycles. The van der Waals surface area contributed by atoms with Gasteiger partial charge < -0.3 is 25.2 Å². The normalized spacial score (nSPS) is 11.7. The maximum absolute atomic E-state index is 9.90. The summed E-state index contributed by atoms with van der Waals surface area (Å²) in [4.78, 5) is 9.90. The zero-order valence-electron chi connectivity index (χ0n) is 9.60. The second-order valence-corrected chi connectivity index (χ2v) is 4.55. The molecule has 0 amide bonds. The van der Waals surface area contributed by atoms with Gasteiger partial charge >= 0.3 is 0 Å². The van der Waals surface area contributed by atoms with Crippen LogP contribution < -0.4 is 0 Å². The third kappa shape index (κ3) is 8.50. The van der Waals surface area contributed by atoms with Crippen molar-refractivity contribution in [2.45, 2.75) is 20.8 Å². The number of aliphatic hydroxyl groups excluding tert-OH is 4. The summed E-state index contributed by atoms with van der Waals surface area (Å²) in [7, 11) is 0. The molecule has 0 aromatic carbocycles. The predicted molar refractivity (Wildman–Crippen MR) is 56.3 cm³/mol. The van der Waals surface area contributed by atoms with Crippen LogP contribution in [0.1, 0.15) is 20.8 Å². The second kappa shape index (κ2) is 7.76. The number of carbonyl (C=O) groups excluding carboxylic acids is 1. The number of aliphatic hydroxyl groups is 4. The highest BCUT2D eigenvalue weighted by Crippen LogP contribution is 2.11. The summed E-state index contributed by atoms with van der Waals surface area (Å²) in [5, 5.41) is 33.8. The maximum atomic E-state index is 9.90. The van der Waals surface area contributed by atoms with Crippen molar-refractivity contribution in [2.24, 2.45) is 10.8 Å². The van der Waals surface area contributed by atoms with E-state index in [0.29, 0.717) is 0 Å². The van der Waals surface area contributed by atoms with Crippen LogP contribution in [-0.4, -0.2) is 53.1 Å². The first-order chi connectivity index (χ1) is 6.80. The lowest BCUT2D eigenvalue weighted by Crippen LogP contribution is -2.29. The van der Waals surface area contributed by atoms with Crippen LogP contribution in [-0.2, 0) is 4.79 Å². The molecule has 0 bridgehead atoms. The van der Waals surface area contributed by atoms with Crippen LogP contribution in [0.15, 0.2) is 0 Å². The fraction of sp³-hybridized carbons (Fsp3) is 0.900. The lowest BCUT2D eigenvalue weighted by molar-refractivity contribution is -0.116. The van der Waals surface area contributed by atoms with E-state index < -0.39 is 10.8 Å². The van der Waals surface area contributed by atoms with Crippen LogP contribution in [0, 0.1) is 10.8 Å². The first-order valence-corrected chi connectivity index (χ1v) is 4.70. The molecule has 0 aliphatic heterocycles. The Balaban J connectivity index is 0. The summed E-state index contributed by atoms with van der Waals surface area (Å²) < 4.78 is 0. The molecule has 0 radical (unpaired) electrons. The molecule has 0 spiro atoms. The van der Waals surface area contributed by atoms with Crippen molar-refractivity contribution in [3.63, 3.8) is 0 Å². The van der Waals surface area contributed by atoms with Crippen LogP contribution >= 0.6 is 0 Å². The Hall–Kier alpha value is -0.490. The minimum Gasteiger partial charge on any atom is -0.396 e. The molecular formula is C10H22O5. The summed E-state index contributed by atoms with van der Waals surface area (Å²) >= 11 is 0. The van der Waals surface area contributed by atoms with Gasteiger partial charge in [-0.3, -0.25) is 0 Å². The molecular weight excluding hydrogens is 200 g/mol. The number of carbonyl (C=O) groups is 1. The van der Waals surface area contributed by atoms with Gasteiger partial charge in [0.15, 0.2) is 0 Å². The molecule has 0 fully saturated rings. The van der Waals surface area contributed by atoms with Crippen molar-refractivity contribution in [1.29, 1.82) is 0 Å². The Bertz CT molecular complexity index is 155. The zero-order valence-corrected chi connectivity index (χ0v) is 9.60. The molecule has 0 atom stereocenters. The summed E-state index contributed by atoms with van der Waals surface area (Å²) in [5.74, 6) is 0. The van der Waals surface area contributed by atoms with Crippen LogP contribution in [0.2, 0.25) is 0 Å². The van der Waals surface area contributed by atoms with Gasteiger partial charge in [0, 0.05) is 10.8 Å². The van der Waals surface area contributed by atoms with Gasteiger partial charge in [0.05, 0.1) is 26.4 Å². The highest BCUT2D eigenvalue weighted by Gasteiger charge is 2.20. The van der Waals surface area contributed by atoms with Gasteiger partial charge in [-0.25, -0.2) is 0 Å². The van der Waals surface area contributed by atoms with Gasteiger partial charge in [-0.15, -0.1) is 0 Å². The molecule has 92 valence electrons. The van der Waals surface area contributed by atoms with Gasteiger partial charge in [-0.05, 0) is 0 Å². The second-order valence-electron chi connectivity index (χ2n) is 4.55. The topological polar surface area (TPSA) is 98.0 Å². The molecule has 0 aliphatic carbocycles.